The molecule has 1 aliphatic rings. The number of aromatic nitrogens is 3. The maximum Gasteiger partial charge on any atom is 0.241 e. The fraction of sp³-hybridized carbons (Fsp3) is 0.385. The van der Waals surface area contributed by atoms with Crippen LogP contribution in [-0.4, -0.2) is 52.9 Å². The number of nitrogens with zero attached hydrogens (tertiary/aromatic N) is 5. The number of rotatable bonds is 2. The van der Waals surface area contributed by atoms with Gasteiger partial charge in [-0.25, -0.2) is 4.39 Å². The van der Waals surface area contributed by atoms with Crippen LogP contribution >= 0.6 is 0 Å². The lowest BCUT2D eigenvalue weighted by Crippen LogP contribution is -2.44. The van der Waals surface area contributed by atoms with E-state index in [1.165, 1.54) is 10.7 Å². The predicted octanol–water partition coefficient (Wildman–Crippen LogP) is 0.323. The van der Waals surface area contributed by atoms with Crippen LogP contribution < -0.4 is 16.4 Å². The van der Waals surface area contributed by atoms with E-state index in [9.17, 15) is 4.39 Å². The van der Waals surface area contributed by atoms with Crippen LogP contribution in [0.3, 0.4) is 0 Å². The van der Waals surface area contributed by atoms with Gasteiger partial charge in [0.15, 0.2) is 0 Å². The molecule has 2 aromatic rings. The van der Waals surface area contributed by atoms with E-state index in [1.807, 2.05) is 4.90 Å². The zero-order valence-electron chi connectivity index (χ0n) is 11.8. The Morgan fingerprint density at radius 1 is 1.14 bits per heavy atom. The van der Waals surface area contributed by atoms with Crippen molar-refractivity contribution in [2.24, 2.45) is 0 Å². The van der Waals surface area contributed by atoms with Gasteiger partial charge in [0.25, 0.3) is 0 Å². The van der Waals surface area contributed by atoms with E-state index in [0.29, 0.717) is 11.4 Å². The smallest absolute Gasteiger partial charge is 0.241 e. The summed E-state index contributed by atoms with van der Waals surface area (Å²) in [5.41, 5.74) is 12.3. The molecule has 0 atom stereocenters. The normalized spacial score (nSPS) is 16.4. The molecule has 0 radical (unpaired) electrons. The first-order valence-corrected chi connectivity index (χ1v) is 6.76. The Morgan fingerprint density at radius 3 is 2.43 bits per heavy atom. The fourth-order valence-electron chi connectivity index (χ4n) is 2.46. The first-order chi connectivity index (χ1) is 10.0. The highest BCUT2D eigenvalue weighted by molar-refractivity contribution is 5.54. The van der Waals surface area contributed by atoms with E-state index in [2.05, 4.69) is 22.0 Å². The number of anilines is 3. The number of halogens is 1. The Kier molecular flexibility index (Phi) is 3.38. The number of benzene rings is 1. The van der Waals surface area contributed by atoms with Gasteiger partial charge in [-0.3, -0.25) is 0 Å². The van der Waals surface area contributed by atoms with Gasteiger partial charge in [0.05, 0.1) is 11.4 Å². The quantitative estimate of drug-likeness (QED) is 0.828. The maximum atomic E-state index is 14.4. The van der Waals surface area contributed by atoms with Gasteiger partial charge >= 0.3 is 0 Å². The van der Waals surface area contributed by atoms with Crippen molar-refractivity contribution in [2.45, 2.75) is 0 Å². The molecule has 0 saturated carbocycles. The first-order valence-electron chi connectivity index (χ1n) is 6.76. The van der Waals surface area contributed by atoms with Crippen LogP contribution in [0.2, 0.25) is 0 Å². The molecule has 4 N–H and O–H groups in total. The van der Waals surface area contributed by atoms with E-state index >= 15 is 0 Å². The highest BCUT2D eigenvalue weighted by Gasteiger charge is 2.18. The first kappa shape index (κ1) is 13.6. The molecular weight excluding hydrogens is 273 g/mol. The van der Waals surface area contributed by atoms with Crippen molar-refractivity contribution in [1.29, 1.82) is 0 Å². The highest BCUT2D eigenvalue weighted by atomic mass is 19.1. The zero-order valence-corrected chi connectivity index (χ0v) is 11.8. The van der Waals surface area contributed by atoms with Crippen molar-refractivity contribution in [2.75, 3.05) is 49.6 Å². The molecule has 0 unspecified atom stereocenters. The summed E-state index contributed by atoms with van der Waals surface area (Å²) < 4.78 is 15.7. The van der Waals surface area contributed by atoms with E-state index in [0.717, 1.165) is 26.2 Å². The second-order valence-electron chi connectivity index (χ2n) is 5.17. The van der Waals surface area contributed by atoms with Gasteiger partial charge in [0.1, 0.15) is 5.82 Å². The van der Waals surface area contributed by atoms with Crippen molar-refractivity contribution in [3.05, 3.63) is 24.0 Å². The van der Waals surface area contributed by atoms with Crippen LogP contribution in [0.4, 0.5) is 22.0 Å². The summed E-state index contributed by atoms with van der Waals surface area (Å²) in [6.07, 6.45) is 0. The summed E-state index contributed by atoms with van der Waals surface area (Å²) in [5, 5.41) is 3.95. The molecule has 1 saturated heterocycles. The van der Waals surface area contributed by atoms with Gasteiger partial charge in [0.2, 0.25) is 11.9 Å². The minimum Gasteiger partial charge on any atom is -0.368 e. The average Bonchev–Trinajstić information content (AvgIpc) is 2.79. The molecule has 0 bridgehead atoms. The Balaban J connectivity index is 1.88. The average molecular weight is 291 g/mol. The molecule has 3 rings (SSSR count). The molecule has 8 heteroatoms. The maximum absolute atomic E-state index is 14.4. The van der Waals surface area contributed by atoms with Gasteiger partial charge in [-0.05, 0) is 19.2 Å². The Bertz CT molecular complexity index is 646. The molecule has 0 spiro atoms. The molecule has 1 fully saturated rings. The van der Waals surface area contributed by atoms with Gasteiger partial charge < -0.3 is 21.3 Å². The number of nitrogen functional groups attached to an aromatic ring is 2. The van der Waals surface area contributed by atoms with Crippen LogP contribution in [0.1, 0.15) is 0 Å². The molecule has 1 aromatic carbocycles. The van der Waals surface area contributed by atoms with Crippen LogP contribution in [-0.2, 0) is 0 Å². The van der Waals surface area contributed by atoms with Crippen molar-refractivity contribution in [3.63, 3.8) is 0 Å². The van der Waals surface area contributed by atoms with Gasteiger partial charge in [0, 0.05) is 32.2 Å². The number of nitrogens with two attached hydrogens (primary N) is 2. The SMILES string of the molecule is CN1CCN(c2ccc(-n3nc(N)nc3N)cc2F)CC1. The van der Waals surface area contributed by atoms with Crippen LogP contribution in [0, 0.1) is 5.82 Å². The second-order valence-corrected chi connectivity index (χ2v) is 5.17. The van der Waals surface area contributed by atoms with E-state index in [1.54, 1.807) is 12.1 Å². The second kappa shape index (κ2) is 5.21. The standard InChI is InChI=1S/C13H18FN7/c1-19-4-6-20(7-5-19)11-3-2-9(8-10(11)14)21-13(16)17-12(15)18-21/h2-3,8H,4-7H2,1H3,(H4,15,16,17,18). The molecular formula is C13H18FN7. The lowest BCUT2D eigenvalue weighted by Gasteiger charge is -2.34. The summed E-state index contributed by atoms with van der Waals surface area (Å²) in [6.45, 7) is 3.47. The zero-order chi connectivity index (χ0) is 15.0. The molecule has 1 aliphatic heterocycles. The minimum absolute atomic E-state index is 0.0658. The molecule has 7 nitrogen and oxygen atoms in total. The van der Waals surface area contributed by atoms with Crippen molar-refractivity contribution in [3.8, 4) is 5.69 Å². The minimum atomic E-state index is -0.300. The van der Waals surface area contributed by atoms with Gasteiger partial charge in [-0.15, -0.1) is 5.10 Å². The van der Waals surface area contributed by atoms with Crippen molar-refractivity contribution < 1.29 is 4.39 Å². The van der Waals surface area contributed by atoms with Crippen LogP contribution in [0.15, 0.2) is 18.2 Å². The third-order valence-corrected chi connectivity index (χ3v) is 3.67. The largest absolute Gasteiger partial charge is 0.368 e. The number of hydrogen-bond donors (Lipinski definition) is 2. The van der Waals surface area contributed by atoms with Gasteiger partial charge in [-0.2, -0.15) is 9.67 Å². The predicted molar refractivity (Wildman–Crippen MR) is 79.9 cm³/mol. The monoisotopic (exact) mass is 291 g/mol. The molecule has 2 heterocycles. The molecule has 112 valence electrons. The molecule has 0 amide bonds. The summed E-state index contributed by atoms with van der Waals surface area (Å²) in [6, 6.07) is 4.91. The third kappa shape index (κ3) is 2.62. The molecule has 1 aromatic heterocycles. The van der Waals surface area contributed by atoms with E-state index < -0.39 is 0 Å². The van der Waals surface area contributed by atoms with Crippen molar-refractivity contribution in [1.82, 2.24) is 19.7 Å². The Hall–Kier alpha value is -2.35. The Morgan fingerprint density at radius 2 is 1.86 bits per heavy atom. The summed E-state index contributed by atoms with van der Waals surface area (Å²) in [4.78, 5) is 8.07. The summed E-state index contributed by atoms with van der Waals surface area (Å²) in [5.74, 6) is -0.0965. The summed E-state index contributed by atoms with van der Waals surface area (Å²) >= 11 is 0. The van der Waals surface area contributed by atoms with Crippen LogP contribution in [0.5, 0.6) is 0 Å². The Labute approximate surface area is 121 Å². The number of hydrogen-bond acceptors (Lipinski definition) is 6. The molecule has 0 aliphatic carbocycles. The highest BCUT2D eigenvalue weighted by Crippen LogP contribution is 2.24. The molecule has 21 heavy (non-hydrogen) atoms. The van der Waals surface area contributed by atoms with E-state index in [-0.39, 0.29) is 17.7 Å². The van der Waals surface area contributed by atoms with Gasteiger partial charge in [-0.1, -0.05) is 0 Å². The fourth-order valence-corrected chi connectivity index (χ4v) is 2.46. The van der Waals surface area contributed by atoms with Crippen molar-refractivity contribution >= 4 is 17.6 Å². The lowest BCUT2D eigenvalue weighted by atomic mass is 10.2. The lowest BCUT2D eigenvalue weighted by molar-refractivity contribution is 0.311. The topological polar surface area (TPSA) is 89.2 Å². The van der Waals surface area contributed by atoms with E-state index in [4.69, 9.17) is 11.5 Å². The van der Waals surface area contributed by atoms with Crippen LogP contribution in [0.25, 0.3) is 5.69 Å². The number of likely N-dealkylation sites (N-methyl/N-ethyl adjacent to an activating group) is 1. The number of piperazine rings is 1. The summed E-state index contributed by atoms with van der Waals surface area (Å²) in [7, 11) is 2.06. The third-order valence-electron chi connectivity index (χ3n) is 3.67.